The maximum absolute atomic E-state index is 13.1. The second kappa shape index (κ2) is 7.31. The summed E-state index contributed by atoms with van der Waals surface area (Å²) in [4.78, 5) is 34.8. The van der Waals surface area contributed by atoms with Crippen LogP contribution >= 0.6 is 0 Å². The Hall–Kier alpha value is -3.02. The smallest absolute Gasteiger partial charge is 0.263 e. The summed E-state index contributed by atoms with van der Waals surface area (Å²) in [5.41, 5.74) is 3.14. The largest absolute Gasteiger partial charge is 0.324 e. The molecular weight excluding hydrogens is 340 g/mol. The van der Waals surface area contributed by atoms with Crippen molar-refractivity contribution in [3.05, 3.63) is 64.3 Å². The second-order valence-corrected chi connectivity index (χ2v) is 6.91. The van der Waals surface area contributed by atoms with Gasteiger partial charge >= 0.3 is 0 Å². The van der Waals surface area contributed by atoms with Gasteiger partial charge in [0.25, 0.3) is 5.56 Å². The van der Waals surface area contributed by atoms with Crippen molar-refractivity contribution in [1.82, 2.24) is 14.5 Å². The lowest BCUT2D eigenvalue weighted by Crippen LogP contribution is -2.33. The van der Waals surface area contributed by atoms with E-state index in [0.717, 1.165) is 36.9 Å². The van der Waals surface area contributed by atoms with Crippen molar-refractivity contribution in [3.63, 3.8) is 0 Å². The zero-order valence-corrected chi connectivity index (χ0v) is 15.3. The SMILES string of the molecule is CCC(C(=O)Nc1ccccc1)n1cnc2nc3c(cc2c1=O)CCCC3. The van der Waals surface area contributed by atoms with Crippen molar-refractivity contribution in [3.8, 4) is 0 Å². The minimum Gasteiger partial charge on any atom is -0.324 e. The van der Waals surface area contributed by atoms with Crippen molar-refractivity contribution in [2.75, 3.05) is 5.32 Å². The van der Waals surface area contributed by atoms with E-state index in [4.69, 9.17) is 0 Å². The van der Waals surface area contributed by atoms with Gasteiger partial charge in [0.2, 0.25) is 5.91 Å². The van der Waals surface area contributed by atoms with Crippen molar-refractivity contribution in [1.29, 1.82) is 0 Å². The van der Waals surface area contributed by atoms with Crippen LogP contribution in [0.15, 0.2) is 47.5 Å². The molecule has 0 aliphatic heterocycles. The fourth-order valence-corrected chi connectivity index (χ4v) is 3.66. The molecule has 0 radical (unpaired) electrons. The highest BCUT2D eigenvalue weighted by Crippen LogP contribution is 2.22. The fraction of sp³-hybridized carbons (Fsp3) is 0.333. The molecule has 4 rings (SSSR count). The molecular formula is C21H22N4O2. The minimum atomic E-state index is -0.620. The third-order valence-corrected chi connectivity index (χ3v) is 5.12. The average molecular weight is 362 g/mol. The van der Waals surface area contributed by atoms with Crippen LogP contribution in [0.5, 0.6) is 0 Å². The van der Waals surface area contributed by atoms with Gasteiger partial charge in [-0.25, -0.2) is 9.97 Å². The first-order valence-electron chi connectivity index (χ1n) is 9.43. The van der Waals surface area contributed by atoms with Crippen molar-refractivity contribution in [2.45, 2.75) is 45.1 Å². The van der Waals surface area contributed by atoms with Gasteiger partial charge < -0.3 is 5.32 Å². The van der Waals surface area contributed by atoms with Crippen LogP contribution in [-0.2, 0) is 17.6 Å². The lowest BCUT2D eigenvalue weighted by molar-refractivity contribution is -0.119. The molecule has 0 spiro atoms. The number of nitrogens with one attached hydrogen (secondary N) is 1. The van der Waals surface area contributed by atoms with E-state index in [1.807, 2.05) is 43.3 Å². The molecule has 2 heterocycles. The van der Waals surface area contributed by atoms with Crippen LogP contribution in [0.3, 0.4) is 0 Å². The van der Waals surface area contributed by atoms with Crippen LogP contribution in [-0.4, -0.2) is 20.4 Å². The standard InChI is InChI=1S/C21H22N4O2/c1-2-18(20(26)23-15-9-4-3-5-10-15)25-13-22-19-16(21(25)27)12-14-8-6-7-11-17(14)24-19/h3-5,9-10,12-13,18H,2,6-8,11H2,1H3,(H,23,26). The van der Waals surface area contributed by atoms with Crippen LogP contribution in [0, 0.1) is 0 Å². The van der Waals surface area contributed by atoms with Gasteiger partial charge in [0, 0.05) is 11.4 Å². The summed E-state index contributed by atoms with van der Waals surface area (Å²) in [6.07, 6.45) is 6.06. The summed E-state index contributed by atoms with van der Waals surface area (Å²) in [5, 5.41) is 3.36. The van der Waals surface area contributed by atoms with Gasteiger partial charge in [-0.15, -0.1) is 0 Å². The lowest BCUT2D eigenvalue weighted by Gasteiger charge is -2.19. The van der Waals surface area contributed by atoms with E-state index in [2.05, 4.69) is 15.3 Å². The van der Waals surface area contributed by atoms with Gasteiger partial charge in [-0.1, -0.05) is 25.1 Å². The fourth-order valence-electron chi connectivity index (χ4n) is 3.66. The number of hydrogen-bond acceptors (Lipinski definition) is 4. The van der Waals surface area contributed by atoms with Gasteiger partial charge in [0.1, 0.15) is 12.4 Å². The molecule has 138 valence electrons. The zero-order chi connectivity index (χ0) is 18.8. The molecule has 1 atom stereocenters. The Bertz CT molecular complexity index is 1040. The number of fused-ring (bicyclic) bond motifs is 2. The molecule has 6 nitrogen and oxygen atoms in total. The number of hydrogen-bond donors (Lipinski definition) is 1. The van der Waals surface area contributed by atoms with E-state index in [1.165, 1.54) is 10.9 Å². The predicted octanol–water partition coefficient (Wildman–Crippen LogP) is 3.26. The third-order valence-electron chi connectivity index (χ3n) is 5.12. The highest BCUT2D eigenvalue weighted by molar-refractivity contribution is 5.93. The van der Waals surface area contributed by atoms with E-state index in [9.17, 15) is 9.59 Å². The molecule has 0 bridgehead atoms. The first-order valence-corrected chi connectivity index (χ1v) is 9.43. The van der Waals surface area contributed by atoms with Gasteiger partial charge in [0.15, 0.2) is 5.65 Å². The van der Waals surface area contributed by atoms with E-state index < -0.39 is 6.04 Å². The third kappa shape index (κ3) is 3.35. The monoisotopic (exact) mass is 362 g/mol. The molecule has 27 heavy (non-hydrogen) atoms. The Kier molecular flexibility index (Phi) is 4.71. The van der Waals surface area contributed by atoms with Crippen LogP contribution < -0.4 is 10.9 Å². The molecule has 1 aliphatic carbocycles. The molecule has 1 N–H and O–H groups in total. The van der Waals surface area contributed by atoms with Crippen LogP contribution in [0.1, 0.15) is 43.5 Å². The van der Waals surface area contributed by atoms with Gasteiger partial charge in [-0.05, 0) is 55.9 Å². The number of benzene rings is 1. The predicted molar refractivity (Wildman–Crippen MR) is 105 cm³/mol. The van der Waals surface area contributed by atoms with Crippen LogP contribution in [0.4, 0.5) is 5.69 Å². The number of aromatic nitrogens is 3. The number of carbonyl (C=O) groups excluding carboxylic acids is 1. The first-order chi connectivity index (χ1) is 13.2. The van der Waals surface area contributed by atoms with E-state index >= 15 is 0 Å². The zero-order valence-electron chi connectivity index (χ0n) is 15.3. The summed E-state index contributed by atoms with van der Waals surface area (Å²) >= 11 is 0. The van der Waals surface area contributed by atoms with Gasteiger partial charge in [-0.3, -0.25) is 14.2 Å². The maximum Gasteiger partial charge on any atom is 0.263 e. The summed E-state index contributed by atoms with van der Waals surface area (Å²) in [7, 11) is 0. The Morgan fingerprint density at radius 2 is 2.00 bits per heavy atom. The number of anilines is 1. The number of nitrogens with zero attached hydrogens (tertiary/aromatic N) is 3. The number of aryl methyl sites for hydroxylation is 2. The van der Waals surface area contributed by atoms with E-state index in [1.54, 1.807) is 0 Å². The first kappa shape index (κ1) is 17.4. The van der Waals surface area contributed by atoms with Crippen molar-refractivity contribution in [2.24, 2.45) is 0 Å². The van der Waals surface area contributed by atoms with Gasteiger partial charge in [-0.2, -0.15) is 0 Å². The Balaban J connectivity index is 1.72. The average Bonchev–Trinajstić information content (AvgIpc) is 2.70. The number of carbonyl (C=O) groups is 1. The number of para-hydroxylation sites is 1. The lowest BCUT2D eigenvalue weighted by atomic mass is 9.95. The highest BCUT2D eigenvalue weighted by atomic mass is 16.2. The summed E-state index contributed by atoms with van der Waals surface area (Å²) in [6.45, 7) is 1.89. The number of pyridine rings is 1. The molecule has 3 aromatic rings. The molecule has 0 fully saturated rings. The Labute approximate surface area is 157 Å². The topological polar surface area (TPSA) is 76.9 Å². The molecule has 6 heteroatoms. The normalized spacial score (nSPS) is 14.6. The quantitative estimate of drug-likeness (QED) is 0.773. The molecule has 0 saturated carbocycles. The second-order valence-electron chi connectivity index (χ2n) is 6.91. The number of rotatable bonds is 4. The van der Waals surface area contributed by atoms with Crippen LogP contribution in [0.25, 0.3) is 11.0 Å². The summed E-state index contributed by atoms with van der Waals surface area (Å²) in [5.74, 6) is -0.224. The van der Waals surface area contributed by atoms with E-state index in [0.29, 0.717) is 23.1 Å². The molecule has 0 saturated heterocycles. The molecule has 2 aromatic heterocycles. The van der Waals surface area contributed by atoms with Crippen LogP contribution in [0.2, 0.25) is 0 Å². The minimum absolute atomic E-state index is 0.212. The summed E-state index contributed by atoms with van der Waals surface area (Å²) in [6, 6.07) is 10.5. The number of amides is 1. The molecule has 1 aromatic carbocycles. The highest BCUT2D eigenvalue weighted by Gasteiger charge is 2.22. The Morgan fingerprint density at radius 3 is 2.78 bits per heavy atom. The molecule has 1 aliphatic rings. The van der Waals surface area contributed by atoms with Crippen molar-refractivity contribution >= 4 is 22.6 Å². The molecule has 1 amide bonds. The van der Waals surface area contributed by atoms with E-state index in [-0.39, 0.29) is 11.5 Å². The van der Waals surface area contributed by atoms with Gasteiger partial charge in [0.05, 0.1) is 5.39 Å². The maximum atomic E-state index is 13.1. The Morgan fingerprint density at radius 1 is 1.22 bits per heavy atom. The van der Waals surface area contributed by atoms with Crippen molar-refractivity contribution < 1.29 is 4.79 Å². The molecule has 1 unspecified atom stereocenters. The summed E-state index contributed by atoms with van der Waals surface area (Å²) < 4.78 is 1.43.